The van der Waals surface area contributed by atoms with Crippen molar-refractivity contribution < 1.29 is 10.0 Å². The Morgan fingerprint density at radius 2 is 2.23 bits per heavy atom. The molecule has 1 aromatic carbocycles. The zero-order valence-corrected chi connectivity index (χ0v) is 7.03. The Labute approximate surface area is 75.7 Å². The number of hydrogen-bond donors (Lipinski definition) is 1. The largest absolute Gasteiger partial charge is 0.411 e. The molecule has 0 saturated carbocycles. The van der Waals surface area contributed by atoms with Gasteiger partial charge in [-0.3, -0.25) is 4.79 Å². The van der Waals surface area contributed by atoms with Crippen molar-refractivity contribution in [1.29, 1.82) is 0 Å². The Morgan fingerprint density at radius 3 is 2.92 bits per heavy atom. The molecular weight excluding hydrogens is 166 g/mol. The molecule has 0 fully saturated rings. The Hall–Kier alpha value is -1.64. The monoisotopic (exact) mass is 175 g/mol. The molecule has 3 nitrogen and oxygen atoms in total. The van der Waals surface area contributed by atoms with Gasteiger partial charge in [-0.2, -0.15) is 0 Å². The number of benzene rings is 1. The van der Waals surface area contributed by atoms with E-state index in [1.54, 1.807) is 6.07 Å². The van der Waals surface area contributed by atoms with Crippen LogP contribution in [0.4, 0.5) is 0 Å². The average Bonchev–Trinajstić information content (AvgIpc) is 2.59. The predicted molar refractivity (Wildman–Crippen MR) is 48.5 cm³/mol. The number of oxime groups is 1. The third-order valence-corrected chi connectivity index (χ3v) is 2.33. The summed E-state index contributed by atoms with van der Waals surface area (Å²) in [5.74, 6) is 0. The van der Waals surface area contributed by atoms with E-state index in [0.717, 1.165) is 30.3 Å². The van der Waals surface area contributed by atoms with Gasteiger partial charge >= 0.3 is 0 Å². The molecule has 0 atom stereocenters. The predicted octanol–water partition coefficient (Wildman–Crippen LogP) is 1.62. The van der Waals surface area contributed by atoms with Gasteiger partial charge in [-0.15, -0.1) is 0 Å². The number of rotatable bonds is 1. The molecular formula is C10H9NO2. The lowest BCUT2D eigenvalue weighted by Gasteiger charge is -1.98. The minimum atomic E-state index is 0.679. The van der Waals surface area contributed by atoms with E-state index in [2.05, 4.69) is 5.16 Å². The van der Waals surface area contributed by atoms with E-state index in [0.29, 0.717) is 11.3 Å². The van der Waals surface area contributed by atoms with E-state index < -0.39 is 0 Å². The molecule has 0 heterocycles. The summed E-state index contributed by atoms with van der Waals surface area (Å²) >= 11 is 0. The Kier molecular flexibility index (Phi) is 1.85. The number of carbonyl (C=O) groups is 1. The smallest absolute Gasteiger partial charge is 0.150 e. The maximum atomic E-state index is 10.5. The molecule has 0 amide bonds. The van der Waals surface area contributed by atoms with Gasteiger partial charge in [0, 0.05) is 11.1 Å². The van der Waals surface area contributed by atoms with Crippen LogP contribution in [0.2, 0.25) is 0 Å². The van der Waals surface area contributed by atoms with Crippen molar-refractivity contribution in [3.05, 3.63) is 34.9 Å². The lowest BCUT2D eigenvalue weighted by Crippen LogP contribution is -1.94. The van der Waals surface area contributed by atoms with Crippen molar-refractivity contribution in [2.75, 3.05) is 0 Å². The van der Waals surface area contributed by atoms with Gasteiger partial charge in [0.25, 0.3) is 0 Å². The molecule has 1 aliphatic rings. The van der Waals surface area contributed by atoms with Crippen LogP contribution in [-0.2, 0) is 6.42 Å². The van der Waals surface area contributed by atoms with Gasteiger partial charge in [-0.25, -0.2) is 0 Å². The van der Waals surface area contributed by atoms with E-state index in [9.17, 15) is 4.79 Å². The molecule has 66 valence electrons. The van der Waals surface area contributed by atoms with Crippen LogP contribution in [0.5, 0.6) is 0 Å². The average molecular weight is 175 g/mol. The van der Waals surface area contributed by atoms with Crippen LogP contribution in [0.15, 0.2) is 23.4 Å². The fraction of sp³-hybridized carbons (Fsp3) is 0.200. The van der Waals surface area contributed by atoms with Crippen LogP contribution >= 0.6 is 0 Å². The highest BCUT2D eigenvalue weighted by Gasteiger charge is 2.17. The summed E-state index contributed by atoms with van der Waals surface area (Å²) in [7, 11) is 0. The van der Waals surface area contributed by atoms with Crippen molar-refractivity contribution >= 4 is 12.0 Å². The molecule has 0 spiro atoms. The molecule has 0 saturated heterocycles. The lowest BCUT2D eigenvalue weighted by molar-refractivity contribution is 0.112. The summed E-state index contributed by atoms with van der Waals surface area (Å²) in [5, 5.41) is 11.9. The summed E-state index contributed by atoms with van der Waals surface area (Å²) in [4.78, 5) is 10.5. The summed E-state index contributed by atoms with van der Waals surface area (Å²) < 4.78 is 0. The summed E-state index contributed by atoms with van der Waals surface area (Å²) in [6, 6.07) is 5.42. The maximum Gasteiger partial charge on any atom is 0.150 e. The summed E-state index contributed by atoms with van der Waals surface area (Å²) in [6.07, 6.45) is 2.44. The van der Waals surface area contributed by atoms with Crippen LogP contribution in [0.1, 0.15) is 27.9 Å². The van der Waals surface area contributed by atoms with Gasteiger partial charge in [0.05, 0.1) is 5.71 Å². The third kappa shape index (κ3) is 1.22. The molecule has 1 aliphatic carbocycles. The number of aldehydes is 1. The van der Waals surface area contributed by atoms with Crippen LogP contribution in [0, 0.1) is 0 Å². The molecule has 0 bridgehead atoms. The molecule has 0 radical (unpaired) electrons. The molecule has 3 heteroatoms. The number of hydrogen-bond acceptors (Lipinski definition) is 3. The topological polar surface area (TPSA) is 49.7 Å². The first-order valence-electron chi connectivity index (χ1n) is 4.14. The van der Waals surface area contributed by atoms with Crippen molar-refractivity contribution in [3.8, 4) is 0 Å². The first-order chi connectivity index (χ1) is 6.35. The van der Waals surface area contributed by atoms with E-state index in [4.69, 9.17) is 5.21 Å². The Balaban J connectivity index is 2.52. The van der Waals surface area contributed by atoms with E-state index >= 15 is 0 Å². The SMILES string of the molecule is O=Cc1ccc2c(c1)CC/C2=N/O. The number of nitrogens with zero attached hydrogens (tertiary/aromatic N) is 1. The molecule has 0 aromatic heterocycles. The molecule has 0 aliphatic heterocycles. The zero-order valence-electron chi connectivity index (χ0n) is 7.03. The molecule has 1 N–H and O–H groups in total. The highest BCUT2D eigenvalue weighted by molar-refractivity contribution is 6.04. The maximum absolute atomic E-state index is 10.5. The van der Waals surface area contributed by atoms with Crippen LogP contribution < -0.4 is 0 Å². The highest BCUT2D eigenvalue weighted by atomic mass is 16.4. The fourth-order valence-corrected chi connectivity index (χ4v) is 1.67. The van der Waals surface area contributed by atoms with Gasteiger partial charge in [-0.05, 0) is 24.5 Å². The Morgan fingerprint density at radius 1 is 1.38 bits per heavy atom. The second kappa shape index (κ2) is 3.01. The second-order valence-corrected chi connectivity index (χ2v) is 3.08. The van der Waals surface area contributed by atoms with E-state index in [1.807, 2.05) is 12.1 Å². The van der Waals surface area contributed by atoms with E-state index in [1.165, 1.54) is 0 Å². The number of fused-ring (bicyclic) bond motifs is 1. The van der Waals surface area contributed by atoms with Gasteiger partial charge in [0.2, 0.25) is 0 Å². The lowest BCUT2D eigenvalue weighted by atomic mass is 10.1. The molecule has 0 unspecified atom stereocenters. The van der Waals surface area contributed by atoms with Gasteiger partial charge in [0.1, 0.15) is 6.29 Å². The fourth-order valence-electron chi connectivity index (χ4n) is 1.67. The quantitative estimate of drug-likeness (QED) is 0.400. The van der Waals surface area contributed by atoms with Gasteiger partial charge < -0.3 is 5.21 Å². The normalized spacial score (nSPS) is 17.4. The van der Waals surface area contributed by atoms with Crippen molar-refractivity contribution in [1.82, 2.24) is 0 Å². The zero-order chi connectivity index (χ0) is 9.26. The van der Waals surface area contributed by atoms with Gasteiger partial charge in [0.15, 0.2) is 0 Å². The summed E-state index contributed by atoms with van der Waals surface area (Å²) in [5.41, 5.74) is 3.45. The van der Waals surface area contributed by atoms with Crippen molar-refractivity contribution in [2.45, 2.75) is 12.8 Å². The molecule has 2 rings (SSSR count). The van der Waals surface area contributed by atoms with Crippen LogP contribution in [-0.4, -0.2) is 17.2 Å². The minimum absolute atomic E-state index is 0.679. The van der Waals surface area contributed by atoms with Gasteiger partial charge in [-0.1, -0.05) is 17.3 Å². The van der Waals surface area contributed by atoms with E-state index in [-0.39, 0.29) is 0 Å². The number of carbonyl (C=O) groups excluding carboxylic acids is 1. The standard InChI is InChI=1S/C10H9NO2/c12-6-7-1-3-9-8(5-7)2-4-10(9)11-13/h1,3,5-6,13H,2,4H2/b11-10-. The molecule has 13 heavy (non-hydrogen) atoms. The molecule has 1 aromatic rings. The van der Waals surface area contributed by atoms with Crippen molar-refractivity contribution in [3.63, 3.8) is 0 Å². The third-order valence-electron chi connectivity index (χ3n) is 2.33. The number of aryl methyl sites for hydroxylation is 1. The Bertz CT molecular complexity index is 383. The highest BCUT2D eigenvalue weighted by Crippen LogP contribution is 2.22. The van der Waals surface area contributed by atoms with Crippen LogP contribution in [0.25, 0.3) is 0 Å². The summed E-state index contributed by atoms with van der Waals surface area (Å²) in [6.45, 7) is 0. The minimum Gasteiger partial charge on any atom is -0.411 e. The van der Waals surface area contributed by atoms with Crippen LogP contribution in [0.3, 0.4) is 0 Å². The first-order valence-corrected chi connectivity index (χ1v) is 4.14. The van der Waals surface area contributed by atoms with Crippen molar-refractivity contribution in [2.24, 2.45) is 5.16 Å². The first kappa shape index (κ1) is 7.98. The second-order valence-electron chi connectivity index (χ2n) is 3.08.